The maximum absolute atomic E-state index is 6.18. The summed E-state index contributed by atoms with van der Waals surface area (Å²) in [5.74, 6) is 0.869. The standard InChI is InChI=1S/C27H16NO.C21H28NSi.Ir/c1-2-7-18(8-3-1)22-11-6-12-25-27(22)23-14-13-20(16-26(23)29-25)24-15-19-9-4-5-10-21(19)17-28-24;1-23(2,3)21-16-22-20(18-12-8-5-9-13-18)15-19(21)14-17-10-6-4-7-11-17;/h1-15,17H;5,8-9,12,15-17H,4,6-7,10-11,14H2,1-3H3;/q2*-1;. The minimum atomic E-state index is -1.36. The van der Waals surface area contributed by atoms with Crippen LogP contribution in [0.2, 0.25) is 19.6 Å². The molecule has 0 aliphatic heterocycles. The molecule has 267 valence electrons. The molecule has 1 saturated carbocycles. The van der Waals surface area contributed by atoms with Crippen molar-refractivity contribution in [2.45, 2.75) is 58.2 Å². The van der Waals surface area contributed by atoms with Crippen molar-refractivity contribution in [3.05, 3.63) is 151 Å². The van der Waals surface area contributed by atoms with E-state index in [2.05, 4.69) is 122 Å². The zero-order valence-electron chi connectivity index (χ0n) is 30.7. The second-order valence-corrected chi connectivity index (χ2v) is 20.2. The summed E-state index contributed by atoms with van der Waals surface area (Å²) in [6, 6.07) is 48.5. The van der Waals surface area contributed by atoms with Crippen molar-refractivity contribution in [2.24, 2.45) is 5.92 Å². The molecule has 0 atom stereocenters. The molecule has 1 aliphatic rings. The molecule has 5 aromatic carbocycles. The topological polar surface area (TPSA) is 38.9 Å². The Bertz CT molecular complexity index is 2460. The molecule has 0 N–H and O–H groups in total. The number of hydrogen-bond donors (Lipinski definition) is 0. The van der Waals surface area contributed by atoms with Crippen molar-refractivity contribution in [2.75, 3.05) is 0 Å². The van der Waals surface area contributed by atoms with E-state index in [9.17, 15) is 0 Å². The minimum absolute atomic E-state index is 0. The predicted octanol–water partition coefficient (Wildman–Crippen LogP) is 12.5. The van der Waals surface area contributed by atoms with E-state index >= 15 is 0 Å². The second-order valence-electron chi connectivity index (χ2n) is 15.1. The van der Waals surface area contributed by atoms with Crippen LogP contribution in [0.15, 0.2) is 138 Å². The summed E-state index contributed by atoms with van der Waals surface area (Å²) in [6.07, 6.45) is 12.4. The van der Waals surface area contributed by atoms with Crippen LogP contribution in [0, 0.1) is 18.1 Å². The Labute approximate surface area is 327 Å². The number of rotatable bonds is 6. The minimum Gasteiger partial charge on any atom is -0.477 e. The van der Waals surface area contributed by atoms with Crippen LogP contribution in [-0.4, -0.2) is 18.0 Å². The number of hydrogen-bond acceptors (Lipinski definition) is 3. The van der Waals surface area contributed by atoms with Gasteiger partial charge in [-0.15, -0.1) is 53.6 Å². The zero-order chi connectivity index (χ0) is 35.5. The van der Waals surface area contributed by atoms with Crippen LogP contribution in [0.5, 0.6) is 0 Å². The Kier molecular flexibility index (Phi) is 11.2. The van der Waals surface area contributed by atoms with Crippen LogP contribution in [0.1, 0.15) is 37.7 Å². The van der Waals surface area contributed by atoms with E-state index in [1.54, 1.807) is 10.8 Å². The van der Waals surface area contributed by atoms with Crippen LogP contribution >= 0.6 is 0 Å². The summed E-state index contributed by atoms with van der Waals surface area (Å²) in [7, 11) is -1.36. The fraction of sp³-hybridized carbons (Fsp3) is 0.208. The van der Waals surface area contributed by atoms with Gasteiger partial charge in [0.25, 0.3) is 0 Å². The van der Waals surface area contributed by atoms with Gasteiger partial charge in [0, 0.05) is 32.5 Å². The van der Waals surface area contributed by atoms with Crippen LogP contribution < -0.4 is 5.19 Å². The van der Waals surface area contributed by atoms with Crippen LogP contribution in [0.3, 0.4) is 0 Å². The first kappa shape index (κ1) is 36.7. The Morgan fingerprint density at radius 3 is 2.21 bits per heavy atom. The van der Waals surface area contributed by atoms with Crippen molar-refractivity contribution in [1.82, 2.24) is 9.97 Å². The maximum Gasteiger partial charge on any atom is 0.124 e. The van der Waals surface area contributed by atoms with Crippen molar-refractivity contribution < 1.29 is 24.5 Å². The van der Waals surface area contributed by atoms with Gasteiger partial charge >= 0.3 is 0 Å². The summed E-state index contributed by atoms with van der Waals surface area (Å²) in [6.45, 7) is 7.30. The molecular weight excluding hydrogens is 841 g/mol. The van der Waals surface area contributed by atoms with Crippen molar-refractivity contribution in [1.29, 1.82) is 0 Å². The van der Waals surface area contributed by atoms with Gasteiger partial charge in [0.1, 0.15) is 5.58 Å². The van der Waals surface area contributed by atoms with Crippen molar-refractivity contribution in [3.8, 4) is 33.6 Å². The Balaban J connectivity index is 0.000000166. The van der Waals surface area contributed by atoms with Crippen molar-refractivity contribution >= 4 is 46.0 Å². The third-order valence-electron chi connectivity index (χ3n) is 10.4. The number of nitrogens with zero attached hydrogens (tertiary/aromatic N) is 2. The van der Waals surface area contributed by atoms with Crippen LogP contribution in [-0.2, 0) is 26.5 Å². The molecule has 0 unspecified atom stereocenters. The molecule has 0 spiro atoms. The first-order valence-corrected chi connectivity index (χ1v) is 22.2. The molecule has 1 aliphatic carbocycles. The summed E-state index contributed by atoms with van der Waals surface area (Å²) in [4.78, 5) is 9.40. The van der Waals surface area contributed by atoms with Gasteiger partial charge in [0.2, 0.25) is 0 Å². The molecule has 9 rings (SSSR count). The molecule has 1 radical (unpaired) electrons. The van der Waals surface area contributed by atoms with E-state index in [-0.39, 0.29) is 20.1 Å². The summed E-state index contributed by atoms with van der Waals surface area (Å²) in [5, 5.41) is 6.05. The van der Waals surface area contributed by atoms with Gasteiger partial charge in [0.15, 0.2) is 0 Å². The van der Waals surface area contributed by atoms with Gasteiger partial charge in [-0.1, -0.05) is 148 Å². The quantitative estimate of drug-likeness (QED) is 0.123. The number of fused-ring (bicyclic) bond motifs is 4. The average molecular weight is 885 g/mol. The number of pyridine rings is 2. The molecule has 3 aromatic heterocycles. The molecule has 53 heavy (non-hydrogen) atoms. The molecule has 0 bridgehead atoms. The van der Waals surface area contributed by atoms with Crippen LogP contribution in [0.4, 0.5) is 0 Å². The van der Waals surface area contributed by atoms with E-state index < -0.39 is 8.07 Å². The zero-order valence-corrected chi connectivity index (χ0v) is 34.1. The Hall–Kier alpha value is -4.67. The van der Waals surface area contributed by atoms with E-state index in [0.717, 1.165) is 55.8 Å². The van der Waals surface area contributed by atoms with Gasteiger partial charge in [-0.05, 0) is 62.3 Å². The molecular formula is C48H44IrN2OSi-2. The smallest absolute Gasteiger partial charge is 0.124 e. The normalized spacial score (nSPS) is 13.4. The predicted molar refractivity (Wildman–Crippen MR) is 220 cm³/mol. The Morgan fingerprint density at radius 1 is 0.698 bits per heavy atom. The number of benzene rings is 5. The van der Waals surface area contributed by atoms with Gasteiger partial charge < -0.3 is 14.4 Å². The summed E-state index contributed by atoms with van der Waals surface area (Å²) >= 11 is 0. The van der Waals surface area contributed by atoms with Gasteiger partial charge in [-0.25, -0.2) is 0 Å². The van der Waals surface area contributed by atoms with Crippen molar-refractivity contribution in [3.63, 3.8) is 0 Å². The second kappa shape index (κ2) is 16.1. The molecule has 1 fully saturated rings. The molecule has 3 heterocycles. The summed E-state index contributed by atoms with van der Waals surface area (Å²) < 4.78 is 6.18. The van der Waals surface area contributed by atoms with Gasteiger partial charge in [-0.3, -0.25) is 0 Å². The largest absolute Gasteiger partial charge is 0.477 e. The van der Waals surface area contributed by atoms with Crippen LogP contribution in [0.25, 0.3) is 66.4 Å². The van der Waals surface area contributed by atoms with Gasteiger partial charge in [0.05, 0.1) is 13.7 Å². The fourth-order valence-electron chi connectivity index (χ4n) is 7.74. The third kappa shape index (κ3) is 8.13. The third-order valence-corrected chi connectivity index (χ3v) is 12.5. The average Bonchev–Trinajstić information content (AvgIpc) is 3.57. The van der Waals surface area contributed by atoms with E-state index in [4.69, 9.17) is 9.40 Å². The van der Waals surface area contributed by atoms with E-state index in [1.807, 2.05) is 48.7 Å². The van der Waals surface area contributed by atoms with E-state index in [1.165, 1.54) is 55.0 Å². The number of furan rings is 1. The number of aromatic nitrogens is 2. The monoisotopic (exact) mass is 885 g/mol. The SMILES string of the molecule is C[Si](C)(C)c1cnc(-c2[c-]cccc2)cc1CC1CCCCC1.[Ir].[c-]1c(-c2cc3ccccc3cn2)ccc2c1oc1cccc(-c3ccccc3)c12. The Morgan fingerprint density at radius 2 is 1.43 bits per heavy atom. The first-order chi connectivity index (χ1) is 25.4. The molecule has 0 saturated heterocycles. The maximum atomic E-state index is 6.18. The summed E-state index contributed by atoms with van der Waals surface area (Å²) in [5.41, 5.74) is 9.57. The molecule has 5 heteroatoms. The molecule has 3 nitrogen and oxygen atoms in total. The first-order valence-electron chi connectivity index (χ1n) is 18.7. The molecule has 0 amide bonds. The molecule has 8 aromatic rings. The fourth-order valence-corrected chi connectivity index (χ4v) is 9.33. The van der Waals surface area contributed by atoms with E-state index in [0.29, 0.717) is 0 Å². The van der Waals surface area contributed by atoms with Gasteiger partial charge in [-0.2, -0.15) is 0 Å².